The van der Waals surface area contributed by atoms with Crippen molar-refractivity contribution in [3.8, 4) is 0 Å². The molecule has 0 aromatic carbocycles. The average Bonchev–Trinajstić information content (AvgIpc) is 2.88. The summed E-state index contributed by atoms with van der Waals surface area (Å²) in [5.41, 5.74) is 0. The van der Waals surface area contributed by atoms with Gasteiger partial charge in [0, 0.05) is 32.3 Å². The molecular weight excluding hydrogens is 494 g/mol. The molecule has 5 fully saturated rings. The van der Waals surface area contributed by atoms with Crippen LogP contribution in [0.25, 0.3) is 0 Å². The van der Waals surface area contributed by atoms with Crippen LogP contribution in [0.5, 0.6) is 0 Å². The Labute approximate surface area is 234 Å². The Morgan fingerprint density at radius 3 is 2.32 bits per heavy atom. The minimum atomic E-state index is -3.29. The zero-order valence-electron chi connectivity index (χ0n) is 25.1. The van der Waals surface area contributed by atoms with Gasteiger partial charge in [-0.05, 0) is 107 Å². The van der Waals surface area contributed by atoms with Gasteiger partial charge in [0.25, 0.3) is 0 Å². The summed E-state index contributed by atoms with van der Waals surface area (Å²) in [6, 6.07) is 1.00. The summed E-state index contributed by atoms with van der Waals surface area (Å²) >= 11 is 0. The number of nitrogens with zero attached hydrogens (tertiary/aromatic N) is 2. The first kappa shape index (κ1) is 29.3. The highest BCUT2D eigenvalue weighted by Crippen LogP contribution is 2.50. The second-order valence-corrected chi connectivity index (χ2v) is 16.3. The Hall–Kier alpha value is -0.210. The molecule has 7 heteroatoms. The van der Waals surface area contributed by atoms with Gasteiger partial charge in [0.2, 0.25) is 10.0 Å². The van der Waals surface area contributed by atoms with Crippen molar-refractivity contribution in [3.63, 3.8) is 0 Å². The van der Waals surface area contributed by atoms with Crippen LogP contribution < -0.4 is 4.90 Å². The summed E-state index contributed by atoms with van der Waals surface area (Å²) in [4.78, 5) is 4.02. The molecule has 5 aliphatic rings. The zero-order valence-corrected chi connectivity index (χ0v) is 25.9. The van der Waals surface area contributed by atoms with Gasteiger partial charge in [-0.2, -0.15) is 4.31 Å². The number of piperidine rings is 1. The maximum Gasteiger partial charge on any atom is 0.222 e. The Kier molecular flexibility index (Phi) is 9.51. The maximum atomic E-state index is 14.1. The van der Waals surface area contributed by atoms with E-state index in [1.165, 1.54) is 49.8 Å². The van der Waals surface area contributed by atoms with E-state index in [-0.39, 0.29) is 11.3 Å². The van der Waals surface area contributed by atoms with Crippen LogP contribution in [0.1, 0.15) is 91.4 Å². The molecule has 0 bridgehead atoms. The molecule has 0 aromatic rings. The topological polar surface area (TPSA) is 54.3 Å². The molecule has 220 valence electrons. The van der Waals surface area contributed by atoms with Crippen molar-refractivity contribution in [1.29, 1.82) is 0 Å². The van der Waals surface area contributed by atoms with Crippen LogP contribution in [0.15, 0.2) is 0 Å². The quantitative estimate of drug-likeness (QED) is 0.546. The van der Waals surface area contributed by atoms with Gasteiger partial charge in [-0.25, -0.2) is 8.42 Å². The Bertz CT molecular complexity index is 876. The largest absolute Gasteiger partial charge is 0.383 e. The fourth-order valence-electron chi connectivity index (χ4n) is 9.74. The van der Waals surface area contributed by atoms with Gasteiger partial charge in [0.05, 0.1) is 20.2 Å². The van der Waals surface area contributed by atoms with Crippen molar-refractivity contribution < 1.29 is 18.1 Å². The molecule has 1 N–H and O–H groups in total. The number of methoxy groups -OCH3 is 1. The van der Waals surface area contributed by atoms with Crippen molar-refractivity contribution in [3.05, 3.63) is 0 Å². The van der Waals surface area contributed by atoms with Crippen molar-refractivity contribution in [2.75, 3.05) is 46.9 Å². The molecule has 0 spiro atoms. The number of hydrogen-bond donors (Lipinski definition) is 1. The normalized spacial score (nSPS) is 46.0. The predicted molar refractivity (Wildman–Crippen MR) is 155 cm³/mol. The van der Waals surface area contributed by atoms with Crippen molar-refractivity contribution in [2.45, 2.75) is 115 Å². The molecule has 3 heterocycles. The standard InChI is InChI=1S/C31H57N3O3S/c1-22-10-8-11-27(23(22)2)25-13-15-26(16-14-25)31-28-20-33(18-6-7-19-34(28)29(31)21-37-5)38(35,36)30-12-9-17-32(4)24(30)3/h22-31H,6-21H2,1-5H3/p+1/t22?,23?,24?,25?,26?,27?,28?,29-,30?,31+/m1/s1. The summed E-state index contributed by atoms with van der Waals surface area (Å²) in [6.45, 7) is 11.5. The van der Waals surface area contributed by atoms with Gasteiger partial charge in [-0.1, -0.05) is 26.7 Å². The number of fused-ring (bicyclic) bond motifs is 1. The molecular formula is C31H58N3O3S+. The third-order valence-corrected chi connectivity index (χ3v) is 14.9. The van der Waals surface area contributed by atoms with Gasteiger partial charge in [0.15, 0.2) is 0 Å². The summed E-state index contributed by atoms with van der Waals surface area (Å²) in [5.74, 6) is 4.88. The summed E-state index contributed by atoms with van der Waals surface area (Å²) in [6.07, 6.45) is 13.6. The molecule has 2 saturated carbocycles. The number of hydrogen-bond acceptors (Lipinski definition) is 4. The van der Waals surface area contributed by atoms with Gasteiger partial charge in [-0.3, -0.25) is 4.90 Å². The van der Waals surface area contributed by atoms with Crippen molar-refractivity contribution in [2.24, 2.45) is 35.5 Å². The molecule has 7 unspecified atom stereocenters. The summed E-state index contributed by atoms with van der Waals surface area (Å²) in [5, 5.41) is -0.229. The molecule has 5 rings (SSSR count). The number of likely N-dealkylation sites (tertiary alicyclic amines) is 1. The Morgan fingerprint density at radius 1 is 0.868 bits per heavy atom. The third kappa shape index (κ3) is 5.62. The number of sulfonamides is 1. The molecule has 9 atom stereocenters. The van der Waals surface area contributed by atoms with E-state index in [2.05, 4.69) is 32.7 Å². The van der Waals surface area contributed by atoms with Crippen molar-refractivity contribution >= 4 is 10.0 Å². The first-order valence-electron chi connectivity index (χ1n) is 16.3. The average molecular weight is 553 g/mol. The SMILES string of the molecule is COC[C@@H]1[C@@H](C2CCC(C3CCCC(C)C3C)CC2)C2CN(S(=O)(=O)C3CCC[NH+](C)C3C)CCCCN21. The van der Waals surface area contributed by atoms with E-state index in [0.717, 1.165) is 75.0 Å². The lowest BCUT2D eigenvalue weighted by Gasteiger charge is -2.60. The van der Waals surface area contributed by atoms with Gasteiger partial charge in [0.1, 0.15) is 11.3 Å². The van der Waals surface area contributed by atoms with E-state index in [1.807, 2.05) is 11.4 Å². The molecule has 3 saturated heterocycles. The fraction of sp³-hybridized carbons (Fsp3) is 1.00. The van der Waals surface area contributed by atoms with Crippen LogP contribution in [0.2, 0.25) is 0 Å². The molecule has 6 nitrogen and oxygen atoms in total. The van der Waals surface area contributed by atoms with Crippen LogP contribution >= 0.6 is 0 Å². The van der Waals surface area contributed by atoms with Crippen LogP contribution in [-0.2, 0) is 14.8 Å². The minimum absolute atomic E-state index is 0.175. The Morgan fingerprint density at radius 2 is 1.58 bits per heavy atom. The lowest BCUT2D eigenvalue weighted by atomic mass is 9.60. The van der Waals surface area contributed by atoms with Gasteiger partial charge in [-0.15, -0.1) is 0 Å². The number of nitrogens with one attached hydrogen (secondary N) is 1. The van der Waals surface area contributed by atoms with Crippen LogP contribution in [0.3, 0.4) is 0 Å². The van der Waals surface area contributed by atoms with E-state index in [0.29, 0.717) is 31.1 Å². The van der Waals surface area contributed by atoms with Crippen LogP contribution in [0, 0.1) is 35.5 Å². The molecule has 0 radical (unpaired) electrons. The highest BCUT2D eigenvalue weighted by molar-refractivity contribution is 7.89. The zero-order chi connectivity index (χ0) is 27.0. The third-order valence-electron chi connectivity index (χ3n) is 12.4. The smallest absolute Gasteiger partial charge is 0.222 e. The van der Waals surface area contributed by atoms with Crippen LogP contribution in [-0.4, -0.2) is 87.9 Å². The van der Waals surface area contributed by atoms with E-state index >= 15 is 0 Å². The van der Waals surface area contributed by atoms with Gasteiger partial charge < -0.3 is 9.64 Å². The second-order valence-electron chi connectivity index (χ2n) is 14.2. The molecule has 38 heavy (non-hydrogen) atoms. The minimum Gasteiger partial charge on any atom is -0.383 e. The Balaban J connectivity index is 1.29. The predicted octanol–water partition coefficient (Wildman–Crippen LogP) is 3.67. The molecule has 2 aliphatic carbocycles. The summed E-state index contributed by atoms with van der Waals surface area (Å²) in [7, 11) is 0.722. The number of rotatable bonds is 6. The maximum absolute atomic E-state index is 14.1. The second kappa shape index (κ2) is 12.3. The first-order valence-corrected chi connectivity index (χ1v) is 17.8. The lowest BCUT2D eigenvalue weighted by Crippen LogP contribution is -3.15. The van der Waals surface area contributed by atoms with E-state index in [1.54, 1.807) is 0 Å². The highest BCUT2D eigenvalue weighted by Gasteiger charge is 2.54. The molecule has 0 amide bonds. The van der Waals surface area contributed by atoms with Crippen LogP contribution in [0.4, 0.5) is 0 Å². The summed E-state index contributed by atoms with van der Waals surface area (Å²) < 4.78 is 35.9. The highest BCUT2D eigenvalue weighted by atomic mass is 32.2. The molecule has 0 aromatic heterocycles. The monoisotopic (exact) mass is 552 g/mol. The lowest BCUT2D eigenvalue weighted by molar-refractivity contribution is -0.908. The van der Waals surface area contributed by atoms with E-state index < -0.39 is 10.0 Å². The number of ether oxygens (including phenoxy) is 1. The first-order chi connectivity index (χ1) is 18.2. The molecule has 3 aliphatic heterocycles. The van der Waals surface area contributed by atoms with E-state index in [4.69, 9.17) is 4.74 Å². The van der Waals surface area contributed by atoms with Gasteiger partial charge >= 0.3 is 0 Å². The van der Waals surface area contributed by atoms with E-state index in [9.17, 15) is 8.42 Å². The van der Waals surface area contributed by atoms with Crippen molar-refractivity contribution in [1.82, 2.24) is 9.21 Å². The number of quaternary nitrogens is 1. The fourth-order valence-corrected chi connectivity index (χ4v) is 12.1.